The Balaban J connectivity index is 4.37. The number of hydrogen-bond donors (Lipinski definition) is 2. The number of halogens is 3. The third kappa shape index (κ3) is 7.18. The molecular formula is C12H25F3N2O. The van der Waals surface area contributed by atoms with E-state index in [2.05, 4.69) is 5.32 Å². The summed E-state index contributed by atoms with van der Waals surface area (Å²) < 4.78 is 36.8. The molecule has 0 aliphatic heterocycles. The molecule has 18 heavy (non-hydrogen) atoms. The van der Waals surface area contributed by atoms with Crippen LogP contribution in [0.3, 0.4) is 0 Å². The fourth-order valence-corrected chi connectivity index (χ4v) is 1.87. The number of nitrogens with zero attached hydrogens (tertiary/aromatic N) is 1. The van der Waals surface area contributed by atoms with Gasteiger partial charge in [-0.25, -0.2) is 0 Å². The van der Waals surface area contributed by atoms with Gasteiger partial charge in [-0.1, -0.05) is 6.92 Å². The molecule has 2 atom stereocenters. The van der Waals surface area contributed by atoms with E-state index < -0.39 is 18.3 Å². The molecular weight excluding hydrogens is 245 g/mol. The maximum atomic E-state index is 12.3. The van der Waals surface area contributed by atoms with Gasteiger partial charge < -0.3 is 10.4 Å². The number of rotatable bonds is 8. The predicted octanol–water partition coefficient (Wildman–Crippen LogP) is 2.01. The summed E-state index contributed by atoms with van der Waals surface area (Å²) in [7, 11) is 1.45. The van der Waals surface area contributed by atoms with Crippen LogP contribution < -0.4 is 5.32 Å². The van der Waals surface area contributed by atoms with Crippen molar-refractivity contribution in [3.8, 4) is 0 Å². The first-order valence-electron chi connectivity index (χ1n) is 6.26. The lowest BCUT2D eigenvalue weighted by Gasteiger charge is -2.35. The molecule has 0 saturated carbocycles. The lowest BCUT2D eigenvalue weighted by Crippen LogP contribution is -2.51. The Bertz CT molecular complexity index is 236. The maximum absolute atomic E-state index is 12.3. The number of aliphatic hydroxyl groups excluding tert-OH is 1. The summed E-state index contributed by atoms with van der Waals surface area (Å²) in [5.74, 6) is 0. The highest BCUT2D eigenvalue weighted by atomic mass is 19.4. The lowest BCUT2D eigenvalue weighted by molar-refractivity contribution is -0.147. The molecule has 110 valence electrons. The van der Waals surface area contributed by atoms with Crippen LogP contribution >= 0.6 is 0 Å². The van der Waals surface area contributed by atoms with Crippen LogP contribution in [0.15, 0.2) is 0 Å². The van der Waals surface area contributed by atoms with Crippen molar-refractivity contribution in [3.05, 3.63) is 0 Å². The number of hydrogen-bond acceptors (Lipinski definition) is 3. The summed E-state index contributed by atoms with van der Waals surface area (Å²) >= 11 is 0. The van der Waals surface area contributed by atoms with Gasteiger partial charge in [-0.3, -0.25) is 4.90 Å². The molecule has 0 aromatic heterocycles. The molecule has 3 nitrogen and oxygen atoms in total. The molecule has 0 aliphatic carbocycles. The Hall–Kier alpha value is -0.330. The first-order chi connectivity index (χ1) is 8.13. The van der Waals surface area contributed by atoms with Crippen molar-refractivity contribution >= 4 is 0 Å². The Kier molecular flexibility index (Phi) is 7.17. The molecule has 0 radical (unpaired) electrons. The molecule has 0 aliphatic rings. The smallest absolute Gasteiger partial charge is 0.394 e. The largest absolute Gasteiger partial charge is 0.401 e. The monoisotopic (exact) mass is 270 g/mol. The Morgan fingerprint density at radius 2 is 1.89 bits per heavy atom. The molecule has 6 heteroatoms. The third-order valence-electron chi connectivity index (χ3n) is 3.08. The van der Waals surface area contributed by atoms with E-state index in [1.807, 2.05) is 13.8 Å². The van der Waals surface area contributed by atoms with Gasteiger partial charge in [0.2, 0.25) is 0 Å². The van der Waals surface area contributed by atoms with Gasteiger partial charge in [0.05, 0.1) is 13.2 Å². The van der Waals surface area contributed by atoms with Crippen LogP contribution in [-0.2, 0) is 0 Å². The van der Waals surface area contributed by atoms with Crippen molar-refractivity contribution in [2.24, 2.45) is 0 Å². The fourth-order valence-electron chi connectivity index (χ4n) is 1.87. The number of aliphatic hydroxyl groups is 1. The molecule has 2 N–H and O–H groups in total. The number of alkyl halides is 3. The van der Waals surface area contributed by atoms with Crippen molar-refractivity contribution < 1.29 is 18.3 Å². The molecule has 0 amide bonds. The second-order valence-electron chi connectivity index (χ2n) is 5.23. The third-order valence-corrected chi connectivity index (χ3v) is 3.08. The van der Waals surface area contributed by atoms with E-state index in [0.29, 0.717) is 6.42 Å². The molecule has 0 rings (SSSR count). The Morgan fingerprint density at radius 1 is 1.33 bits per heavy atom. The fraction of sp³-hybridized carbons (Fsp3) is 1.00. The standard InChI is InChI=1S/C12H25F3N2O/c1-5-6-16-11(3,9-18)7-10(2)17(4)8-12(13,14)15/h10,16,18H,5-9H2,1-4H3. The maximum Gasteiger partial charge on any atom is 0.401 e. The van der Waals surface area contributed by atoms with E-state index in [4.69, 9.17) is 0 Å². The zero-order valence-corrected chi connectivity index (χ0v) is 11.6. The quantitative estimate of drug-likeness (QED) is 0.708. The van der Waals surface area contributed by atoms with Crippen LogP contribution in [0.5, 0.6) is 0 Å². The first-order valence-corrected chi connectivity index (χ1v) is 6.26. The lowest BCUT2D eigenvalue weighted by atomic mass is 9.93. The molecule has 0 aromatic carbocycles. The van der Waals surface area contributed by atoms with Gasteiger partial charge >= 0.3 is 6.18 Å². The average molecular weight is 270 g/mol. The summed E-state index contributed by atoms with van der Waals surface area (Å²) in [6.07, 6.45) is -2.80. The van der Waals surface area contributed by atoms with Crippen LogP contribution in [-0.4, -0.2) is 54.5 Å². The molecule has 0 heterocycles. The van der Waals surface area contributed by atoms with Crippen molar-refractivity contribution in [1.82, 2.24) is 10.2 Å². The van der Waals surface area contributed by atoms with E-state index in [9.17, 15) is 18.3 Å². The van der Waals surface area contributed by atoms with Gasteiger partial charge in [0, 0.05) is 11.6 Å². The Morgan fingerprint density at radius 3 is 2.28 bits per heavy atom. The van der Waals surface area contributed by atoms with E-state index in [1.165, 1.54) is 11.9 Å². The van der Waals surface area contributed by atoms with Crippen LogP contribution in [0.4, 0.5) is 13.2 Å². The highest BCUT2D eigenvalue weighted by molar-refractivity contribution is 4.86. The SMILES string of the molecule is CCCNC(C)(CO)CC(C)N(C)CC(F)(F)F. The number of nitrogens with one attached hydrogen (secondary N) is 1. The normalized spacial score (nSPS) is 17.8. The van der Waals surface area contributed by atoms with Gasteiger partial charge in [-0.2, -0.15) is 13.2 Å². The van der Waals surface area contributed by atoms with Gasteiger partial charge in [-0.15, -0.1) is 0 Å². The van der Waals surface area contributed by atoms with Gasteiger partial charge in [-0.05, 0) is 40.3 Å². The highest BCUT2D eigenvalue weighted by Crippen LogP contribution is 2.20. The van der Waals surface area contributed by atoms with Crippen LogP contribution in [0.1, 0.15) is 33.6 Å². The summed E-state index contributed by atoms with van der Waals surface area (Å²) in [4.78, 5) is 1.27. The summed E-state index contributed by atoms with van der Waals surface area (Å²) in [5, 5.41) is 12.6. The zero-order valence-electron chi connectivity index (χ0n) is 11.6. The van der Waals surface area contributed by atoms with Crippen molar-refractivity contribution in [2.45, 2.75) is 51.4 Å². The topological polar surface area (TPSA) is 35.5 Å². The second kappa shape index (κ2) is 7.31. The second-order valence-corrected chi connectivity index (χ2v) is 5.23. The minimum atomic E-state index is -4.19. The summed E-state index contributed by atoms with van der Waals surface area (Å²) in [6.45, 7) is 5.31. The van der Waals surface area contributed by atoms with Crippen LogP contribution in [0.2, 0.25) is 0 Å². The minimum absolute atomic E-state index is 0.0861. The predicted molar refractivity (Wildman–Crippen MR) is 66.5 cm³/mol. The van der Waals surface area contributed by atoms with Crippen LogP contribution in [0.25, 0.3) is 0 Å². The molecule has 0 bridgehead atoms. The summed E-state index contributed by atoms with van der Waals surface area (Å²) in [6, 6.07) is -0.256. The summed E-state index contributed by atoms with van der Waals surface area (Å²) in [5.41, 5.74) is -0.532. The minimum Gasteiger partial charge on any atom is -0.394 e. The van der Waals surface area contributed by atoms with Gasteiger partial charge in [0.25, 0.3) is 0 Å². The van der Waals surface area contributed by atoms with Crippen LogP contribution in [0, 0.1) is 0 Å². The Labute approximate surface area is 107 Å². The van der Waals surface area contributed by atoms with E-state index in [-0.39, 0.29) is 12.6 Å². The molecule has 0 fully saturated rings. The molecule has 0 saturated heterocycles. The highest BCUT2D eigenvalue weighted by Gasteiger charge is 2.33. The van der Waals surface area contributed by atoms with E-state index in [0.717, 1.165) is 13.0 Å². The van der Waals surface area contributed by atoms with Crippen molar-refractivity contribution in [3.63, 3.8) is 0 Å². The first kappa shape index (κ1) is 17.7. The average Bonchev–Trinajstić information content (AvgIpc) is 2.24. The van der Waals surface area contributed by atoms with Gasteiger partial charge in [0.15, 0.2) is 0 Å². The molecule has 2 unspecified atom stereocenters. The van der Waals surface area contributed by atoms with E-state index in [1.54, 1.807) is 6.92 Å². The molecule has 0 aromatic rings. The zero-order chi connectivity index (χ0) is 14.4. The van der Waals surface area contributed by atoms with Gasteiger partial charge in [0.1, 0.15) is 0 Å². The van der Waals surface area contributed by atoms with E-state index >= 15 is 0 Å². The molecule has 0 spiro atoms. The van der Waals surface area contributed by atoms with Crippen molar-refractivity contribution in [1.29, 1.82) is 0 Å². The van der Waals surface area contributed by atoms with Crippen molar-refractivity contribution in [2.75, 3.05) is 26.7 Å².